The monoisotopic (exact) mass is 238 g/mol. The molecule has 1 aromatic carbocycles. The molecule has 0 radical (unpaired) electrons. The molecule has 1 nitrogen and oxygen atoms in total. The zero-order valence-electron chi connectivity index (χ0n) is 5.44. The Morgan fingerprint density at radius 3 is 2.64 bits per heavy atom. The van der Waals surface area contributed by atoms with Gasteiger partial charge in [0.25, 0.3) is 0 Å². The molecule has 0 aliphatic heterocycles. The Labute approximate surface area is 76.9 Å². The van der Waals surface area contributed by atoms with E-state index in [1.807, 2.05) is 0 Å². The van der Waals surface area contributed by atoms with Crippen LogP contribution in [0, 0.1) is 5.82 Å². The van der Waals surface area contributed by atoms with Crippen LogP contribution in [0.3, 0.4) is 0 Å². The molecule has 0 bridgehead atoms. The van der Waals surface area contributed by atoms with Gasteiger partial charge >= 0.3 is 0 Å². The van der Waals surface area contributed by atoms with Crippen LogP contribution in [-0.4, -0.2) is 5.11 Å². The molecule has 0 saturated heterocycles. The van der Waals surface area contributed by atoms with E-state index in [1.54, 1.807) is 0 Å². The van der Waals surface area contributed by atoms with Crippen LogP contribution in [0.25, 0.3) is 0 Å². The topological polar surface area (TPSA) is 20.2 Å². The fourth-order valence-electron chi connectivity index (χ4n) is 0.714. The van der Waals surface area contributed by atoms with E-state index in [1.165, 1.54) is 12.1 Å². The van der Waals surface area contributed by atoms with Crippen molar-refractivity contribution in [3.63, 3.8) is 0 Å². The number of benzene rings is 1. The van der Waals surface area contributed by atoms with Crippen LogP contribution in [0.15, 0.2) is 16.6 Å². The molecular formula is C7H5BrClFO. The molecule has 11 heavy (non-hydrogen) atoms. The Morgan fingerprint density at radius 2 is 2.18 bits per heavy atom. The van der Waals surface area contributed by atoms with Crippen molar-refractivity contribution in [2.24, 2.45) is 0 Å². The SMILES string of the molecule is OCc1c(F)ccc(Br)c1Cl. The lowest BCUT2D eigenvalue weighted by molar-refractivity contribution is 0.276. The Bertz CT molecular complexity index is 277. The quantitative estimate of drug-likeness (QED) is 0.747. The van der Waals surface area contributed by atoms with Crippen LogP contribution in [-0.2, 0) is 6.61 Å². The first kappa shape index (κ1) is 8.97. The van der Waals surface area contributed by atoms with E-state index >= 15 is 0 Å². The van der Waals surface area contributed by atoms with Gasteiger partial charge in [-0.05, 0) is 28.1 Å². The highest BCUT2D eigenvalue weighted by Crippen LogP contribution is 2.27. The molecule has 0 atom stereocenters. The average molecular weight is 239 g/mol. The van der Waals surface area contributed by atoms with Crippen molar-refractivity contribution in [2.45, 2.75) is 6.61 Å². The molecule has 0 unspecified atom stereocenters. The third kappa shape index (κ3) is 1.72. The Hall–Kier alpha value is -0.120. The fourth-order valence-corrected chi connectivity index (χ4v) is 1.30. The van der Waals surface area contributed by atoms with Gasteiger partial charge in [0.15, 0.2) is 0 Å². The third-order valence-electron chi connectivity index (χ3n) is 1.30. The van der Waals surface area contributed by atoms with Crippen molar-refractivity contribution in [2.75, 3.05) is 0 Å². The maximum Gasteiger partial charge on any atom is 0.130 e. The van der Waals surface area contributed by atoms with Gasteiger partial charge in [-0.3, -0.25) is 0 Å². The zero-order valence-corrected chi connectivity index (χ0v) is 7.78. The first-order valence-electron chi connectivity index (χ1n) is 2.90. The molecule has 4 heteroatoms. The summed E-state index contributed by atoms with van der Waals surface area (Å²) in [6.07, 6.45) is 0. The standard InChI is InChI=1S/C7H5BrClFO/c8-5-1-2-6(10)4(3-11)7(5)9/h1-2,11H,3H2. The minimum atomic E-state index is -0.485. The van der Waals surface area contributed by atoms with Gasteiger partial charge in [-0.15, -0.1) is 0 Å². The highest BCUT2D eigenvalue weighted by Gasteiger charge is 2.08. The summed E-state index contributed by atoms with van der Waals surface area (Å²) in [5.41, 5.74) is 0.126. The van der Waals surface area contributed by atoms with Crippen molar-refractivity contribution in [3.05, 3.63) is 33.0 Å². The molecule has 0 aliphatic rings. The van der Waals surface area contributed by atoms with Crippen LogP contribution >= 0.6 is 27.5 Å². The van der Waals surface area contributed by atoms with Crippen LogP contribution in [0.5, 0.6) is 0 Å². The Morgan fingerprint density at radius 1 is 1.55 bits per heavy atom. The highest BCUT2D eigenvalue weighted by atomic mass is 79.9. The zero-order chi connectivity index (χ0) is 8.43. The van der Waals surface area contributed by atoms with Crippen LogP contribution < -0.4 is 0 Å². The lowest BCUT2D eigenvalue weighted by Gasteiger charge is -2.02. The van der Waals surface area contributed by atoms with E-state index in [2.05, 4.69) is 15.9 Å². The largest absolute Gasteiger partial charge is 0.392 e. The Kier molecular flexibility index (Phi) is 2.87. The van der Waals surface area contributed by atoms with Gasteiger partial charge in [-0.2, -0.15) is 0 Å². The molecule has 0 heterocycles. The second-order valence-electron chi connectivity index (χ2n) is 1.98. The van der Waals surface area contributed by atoms with Crippen LogP contribution in [0.4, 0.5) is 4.39 Å². The number of hydrogen-bond donors (Lipinski definition) is 1. The van der Waals surface area contributed by atoms with Gasteiger partial charge in [-0.1, -0.05) is 11.6 Å². The summed E-state index contributed by atoms with van der Waals surface area (Å²) in [6, 6.07) is 2.75. The van der Waals surface area contributed by atoms with E-state index in [0.717, 1.165) is 0 Å². The second-order valence-corrected chi connectivity index (χ2v) is 3.21. The molecule has 0 amide bonds. The summed E-state index contributed by atoms with van der Waals surface area (Å²) >= 11 is 8.76. The van der Waals surface area contributed by atoms with Crippen molar-refractivity contribution in [1.82, 2.24) is 0 Å². The van der Waals surface area contributed by atoms with Gasteiger partial charge < -0.3 is 5.11 Å². The third-order valence-corrected chi connectivity index (χ3v) is 2.62. The summed E-state index contributed by atoms with van der Waals surface area (Å²) in [5.74, 6) is -0.485. The summed E-state index contributed by atoms with van der Waals surface area (Å²) < 4.78 is 13.4. The van der Waals surface area contributed by atoms with Gasteiger partial charge in [-0.25, -0.2) is 4.39 Å². The van der Waals surface area contributed by atoms with Gasteiger partial charge in [0.1, 0.15) is 5.82 Å². The molecule has 1 aromatic rings. The lowest BCUT2D eigenvalue weighted by atomic mass is 10.2. The number of aliphatic hydroxyl groups is 1. The lowest BCUT2D eigenvalue weighted by Crippen LogP contribution is -1.91. The van der Waals surface area contributed by atoms with Crippen molar-refractivity contribution in [3.8, 4) is 0 Å². The molecule has 1 N–H and O–H groups in total. The molecule has 0 fully saturated rings. The molecule has 0 saturated carbocycles. The summed E-state index contributed by atoms with van der Waals surface area (Å²) in [4.78, 5) is 0. The first-order chi connectivity index (χ1) is 5.16. The van der Waals surface area contributed by atoms with Gasteiger partial charge in [0, 0.05) is 10.0 Å². The van der Waals surface area contributed by atoms with E-state index in [9.17, 15) is 4.39 Å². The normalized spacial score (nSPS) is 10.2. The first-order valence-corrected chi connectivity index (χ1v) is 4.07. The molecule has 60 valence electrons. The fraction of sp³-hybridized carbons (Fsp3) is 0.143. The van der Waals surface area contributed by atoms with Gasteiger partial charge in [0.05, 0.1) is 11.6 Å². The maximum absolute atomic E-state index is 12.8. The predicted octanol–water partition coefficient (Wildman–Crippen LogP) is 2.73. The summed E-state index contributed by atoms with van der Waals surface area (Å²) in [5, 5.41) is 8.91. The number of halogens is 3. The number of rotatable bonds is 1. The summed E-state index contributed by atoms with van der Waals surface area (Å²) in [6.45, 7) is -0.385. The van der Waals surface area contributed by atoms with E-state index in [4.69, 9.17) is 16.7 Å². The smallest absolute Gasteiger partial charge is 0.130 e. The van der Waals surface area contributed by atoms with Crippen molar-refractivity contribution < 1.29 is 9.50 Å². The van der Waals surface area contributed by atoms with E-state index < -0.39 is 5.82 Å². The average Bonchev–Trinajstić information content (AvgIpc) is 1.99. The van der Waals surface area contributed by atoms with Gasteiger partial charge in [0.2, 0.25) is 0 Å². The summed E-state index contributed by atoms with van der Waals surface area (Å²) in [7, 11) is 0. The second kappa shape index (κ2) is 3.52. The van der Waals surface area contributed by atoms with Crippen LogP contribution in [0.1, 0.15) is 5.56 Å². The van der Waals surface area contributed by atoms with Crippen molar-refractivity contribution >= 4 is 27.5 Å². The predicted molar refractivity (Wildman–Crippen MR) is 45.0 cm³/mol. The minimum Gasteiger partial charge on any atom is -0.392 e. The number of hydrogen-bond acceptors (Lipinski definition) is 1. The molecule has 0 spiro atoms. The molecular weight excluding hydrogens is 234 g/mol. The molecule has 0 aromatic heterocycles. The molecule has 1 rings (SSSR count). The van der Waals surface area contributed by atoms with E-state index in [0.29, 0.717) is 4.47 Å². The minimum absolute atomic E-state index is 0.126. The van der Waals surface area contributed by atoms with Crippen molar-refractivity contribution in [1.29, 1.82) is 0 Å². The highest BCUT2D eigenvalue weighted by molar-refractivity contribution is 9.10. The van der Waals surface area contributed by atoms with Crippen LogP contribution in [0.2, 0.25) is 5.02 Å². The molecule has 0 aliphatic carbocycles. The maximum atomic E-state index is 12.8. The van der Waals surface area contributed by atoms with E-state index in [-0.39, 0.29) is 17.2 Å². The number of aliphatic hydroxyl groups excluding tert-OH is 1. The Balaban J connectivity index is 3.29.